The van der Waals surface area contributed by atoms with Crippen molar-refractivity contribution in [3.05, 3.63) is 23.5 Å². The fourth-order valence-corrected chi connectivity index (χ4v) is 3.56. The van der Waals surface area contributed by atoms with Gasteiger partial charge in [0.2, 0.25) is 0 Å². The molecule has 0 spiro atoms. The molecule has 0 atom stereocenters. The third kappa shape index (κ3) is 5.28. The molecule has 0 bridgehead atoms. The SMILES string of the molecule is CN=C(NCc1cn2ccsc2n1)NCC(C)(C)N1CCOCC1.I. The van der Waals surface area contributed by atoms with Gasteiger partial charge in [-0.3, -0.25) is 14.3 Å². The first kappa shape index (κ1) is 20.4. The number of hydrogen-bond acceptors (Lipinski definition) is 5. The normalized spacial score (nSPS) is 16.7. The topological polar surface area (TPSA) is 66.2 Å². The summed E-state index contributed by atoms with van der Waals surface area (Å²) >= 11 is 1.64. The van der Waals surface area contributed by atoms with E-state index in [-0.39, 0.29) is 29.5 Å². The number of ether oxygens (including phenoxy) is 1. The number of halogens is 1. The molecular formula is C16H27IN6OS. The lowest BCUT2D eigenvalue weighted by Crippen LogP contribution is -2.56. The molecule has 0 aliphatic carbocycles. The second-order valence-corrected chi connectivity index (χ2v) is 7.39. The fourth-order valence-electron chi connectivity index (χ4n) is 2.84. The zero-order valence-corrected chi connectivity index (χ0v) is 18.1. The highest BCUT2D eigenvalue weighted by Gasteiger charge is 2.28. The maximum absolute atomic E-state index is 5.44. The molecule has 9 heteroatoms. The van der Waals surface area contributed by atoms with Crippen LogP contribution in [0.15, 0.2) is 22.8 Å². The van der Waals surface area contributed by atoms with Crippen LogP contribution in [0.25, 0.3) is 4.96 Å². The Kier molecular flexibility index (Phi) is 7.47. The molecule has 2 aromatic rings. The fraction of sp³-hybridized carbons (Fsp3) is 0.625. The first-order chi connectivity index (χ1) is 11.6. The van der Waals surface area contributed by atoms with Gasteiger partial charge in [-0.15, -0.1) is 35.3 Å². The predicted octanol–water partition coefficient (Wildman–Crippen LogP) is 1.79. The molecule has 3 rings (SSSR count). The number of aromatic nitrogens is 2. The molecule has 0 radical (unpaired) electrons. The number of rotatable bonds is 5. The van der Waals surface area contributed by atoms with E-state index in [0.717, 1.165) is 49.5 Å². The maximum atomic E-state index is 5.44. The summed E-state index contributed by atoms with van der Waals surface area (Å²) < 4.78 is 7.48. The molecule has 0 unspecified atom stereocenters. The summed E-state index contributed by atoms with van der Waals surface area (Å²) in [5, 5.41) is 8.80. The van der Waals surface area contributed by atoms with Gasteiger partial charge in [-0.25, -0.2) is 4.98 Å². The number of morpholine rings is 1. The summed E-state index contributed by atoms with van der Waals surface area (Å²) in [7, 11) is 1.79. The number of nitrogens with one attached hydrogen (secondary N) is 2. The number of imidazole rings is 1. The van der Waals surface area contributed by atoms with E-state index in [1.807, 2.05) is 22.2 Å². The first-order valence-electron chi connectivity index (χ1n) is 8.27. The first-order valence-corrected chi connectivity index (χ1v) is 9.15. The van der Waals surface area contributed by atoms with Crippen molar-refractivity contribution in [2.75, 3.05) is 39.9 Å². The predicted molar refractivity (Wildman–Crippen MR) is 113 cm³/mol. The Morgan fingerprint density at radius 1 is 1.36 bits per heavy atom. The van der Waals surface area contributed by atoms with Gasteiger partial charge in [0.25, 0.3) is 0 Å². The lowest BCUT2D eigenvalue weighted by atomic mass is 10.0. The van der Waals surface area contributed by atoms with Crippen molar-refractivity contribution in [2.24, 2.45) is 4.99 Å². The Bertz CT molecular complexity index is 663. The van der Waals surface area contributed by atoms with Gasteiger partial charge in [0, 0.05) is 50.0 Å². The molecule has 1 aliphatic heterocycles. The van der Waals surface area contributed by atoms with Gasteiger partial charge < -0.3 is 15.4 Å². The van der Waals surface area contributed by atoms with Crippen molar-refractivity contribution in [2.45, 2.75) is 25.9 Å². The van der Waals surface area contributed by atoms with E-state index in [1.54, 1.807) is 18.4 Å². The van der Waals surface area contributed by atoms with Gasteiger partial charge in [0.1, 0.15) is 0 Å². The maximum Gasteiger partial charge on any atom is 0.193 e. The third-order valence-electron chi connectivity index (χ3n) is 4.36. The monoisotopic (exact) mass is 478 g/mol. The van der Waals surface area contributed by atoms with Crippen LogP contribution in [0.1, 0.15) is 19.5 Å². The zero-order chi connectivity index (χ0) is 17.0. The minimum Gasteiger partial charge on any atom is -0.379 e. The Hall–Kier alpha value is -0.910. The van der Waals surface area contributed by atoms with Gasteiger partial charge in [-0.2, -0.15) is 0 Å². The highest BCUT2D eigenvalue weighted by molar-refractivity contribution is 14.0. The number of aliphatic imine (C=N–C) groups is 1. The van der Waals surface area contributed by atoms with Crippen LogP contribution < -0.4 is 10.6 Å². The van der Waals surface area contributed by atoms with Crippen molar-refractivity contribution in [3.63, 3.8) is 0 Å². The number of fused-ring (bicyclic) bond motifs is 1. The molecule has 25 heavy (non-hydrogen) atoms. The molecule has 1 aliphatic rings. The van der Waals surface area contributed by atoms with Crippen molar-refractivity contribution in [1.29, 1.82) is 0 Å². The van der Waals surface area contributed by atoms with Crippen LogP contribution in [-0.4, -0.2) is 65.7 Å². The Morgan fingerprint density at radius 2 is 2.12 bits per heavy atom. The summed E-state index contributed by atoms with van der Waals surface area (Å²) in [6.07, 6.45) is 4.07. The molecule has 0 saturated carbocycles. The quantitative estimate of drug-likeness (QED) is 0.390. The number of nitrogens with zero attached hydrogens (tertiary/aromatic N) is 4. The van der Waals surface area contributed by atoms with Crippen LogP contribution in [0.5, 0.6) is 0 Å². The third-order valence-corrected chi connectivity index (χ3v) is 5.13. The number of hydrogen-bond donors (Lipinski definition) is 2. The molecule has 2 aromatic heterocycles. The Morgan fingerprint density at radius 3 is 2.80 bits per heavy atom. The van der Waals surface area contributed by atoms with Crippen LogP contribution in [-0.2, 0) is 11.3 Å². The Balaban J connectivity index is 0.00000225. The second kappa shape index (κ2) is 9.15. The molecular weight excluding hydrogens is 451 g/mol. The van der Waals surface area contributed by atoms with Gasteiger partial charge in [-0.05, 0) is 13.8 Å². The van der Waals surface area contributed by atoms with Crippen LogP contribution in [0.3, 0.4) is 0 Å². The van der Waals surface area contributed by atoms with Crippen LogP contribution in [0.4, 0.5) is 0 Å². The van der Waals surface area contributed by atoms with Crippen LogP contribution >= 0.6 is 35.3 Å². The van der Waals surface area contributed by atoms with E-state index >= 15 is 0 Å². The molecule has 0 aromatic carbocycles. The lowest BCUT2D eigenvalue weighted by molar-refractivity contribution is -0.00834. The van der Waals surface area contributed by atoms with E-state index in [1.165, 1.54) is 0 Å². The van der Waals surface area contributed by atoms with E-state index in [4.69, 9.17) is 4.74 Å². The largest absolute Gasteiger partial charge is 0.379 e. The van der Waals surface area contributed by atoms with E-state index < -0.39 is 0 Å². The summed E-state index contributed by atoms with van der Waals surface area (Å²) in [4.78, 5) is 12.4. The van der Waals surface area contributed by atoms with Gasteiger partial charge >= 0.3 is 0 Å². The Labute approximate surface area is 169 Å². The molecule has 140 valence electrons. The van der Waals surface area contributed by atoms with Crippen molar-refractivity contribution in [1.82, 2.24) is 24.9 Å². The van der Waals surface area contributed by atoms with Crippen LogP contribution in [0.2, 0.25) is 0 Å². The molecule has 1 saturated heterocycles. The zero-order valence-electron chi connectivity index (χ0n) is 15.0. The summed E-state index contributed by atoms with van der Waals surface area (Å²) in [6.45, 7) is 9.57. The average molecular weight is 478 g/mol. The van der Waals surface area contributed by atoms with E-state index in [2.05, 4.69) is 39.4 Å². The van der Waals surface area contributed by atoms with E-state index in [0.29, 0.717) is 6.54 Å². The van der Waals surface area contributed by atoms with Crippen molar-refractivity contribution < 1.29 is 4.74 Å². The molecule has 0 amide bonds. The summed E-state index contributed by atoms with van der Waals surface area (Å²) in [5.74, 6) is 0.799. The minimum absolute atomic E-state index is 0. The molecule has 2 N–H and O–H groups in total. The smallest absolute Gasteiger partial charge is 0.193 e. The summed E-state index contributed by atoms with van der Waals surface area (Å²) in [6, 6.07) is 0. The minimum atomic E-state index is 0. The second-order valence-electron chi connectivity index (χ2n) is 6.52. The van der Waals surface area contributed by atoms with Crippen molar-refractivity contribution >= 4 is 46.2 Å². The standard InChI is InChI=1S/C16H26N6OS.HI/c1-16(2,22-4-7-23-8-5-22)12-19-14(17-3)18-10-13-11-21-6-9-24-15(21)20-13;/h6,9,11H,4-5,7-8,10,12H2,1-3H3,(H2,17,18,19);1H. The highest BCUT2D eigenvalue weighted by atomic mass is 127. The van der Waals surface area contributed by atoms with Gasteiger partial charge in [-0.1, -0.05) is 0 Å². The number of thiazole rings is 1. The van der Waals surface area contributed by atoms with Gasteiger partial charge in [0.05, 0.1) is 25.5 Å². The van der Waals surface area contributed by atoms with Crippen LogP contribution in [0, 0.1) is 0 Å². The molecule has 7 nitrogen and oxygen atoms in total. The molecule has 3 heterocycles. The number of guanidine groups is 1. The lowest BCUT2D eigenvalue weighted by Gasteiger charge is -2.41. The van der Waals surface area contributed by atoms with E-state index in [9.17, 15) is 0 Å². The summed E-state index contributed by atoms with van der Waals surface area (Å²) in [5.41, 5.74) is 1.07. The molecule has 1 fully saturated rings. The highest BCUT2D eigenvalue weighted by Crippen LogP contribution is 2.15. The van der Waals surface area contributed by atoms with Crippen molar-refractivity contribution in [3.8, 4) is 0 Å². The van der Waals surface area contributed by atoms with Gasteiger partial charge in [0.15, 0.2) is 10.9 Å². The average Bonchev–Trinajstić information content (AvgIpc) is 3.17.